The molecule has 0 amide bonds. The zero-order valence-electron chi connectivity index (χ0n) is 10.7. The number of aryl methyl sites for hydroxylation is 1. The molecule has 0 saturated carbocycles. The molecule has 0 radical (unpaired) electrons. The lowest BCUT2D eigenvalue weighted by Gasteiger charge is -2.07. The first-order valence-corrected chi connectivity index (χ1v) is 7.11. The van der Waals surface area contributed by atoms with Crippen molar-refractivity contribution in [2.75, 3.05) is 12.3 Å². The van der Waals surface area contributed by atoms with Gasteiger partial charge in [0.05, 0.1) is 6.61 Å². The summed E-state index contributed by atoms with van der Waals surface area (Å²) in [5.74, 6) is -0.395. The lowest BCUT2D eigenvalue weighted by Crippen LogP contribution is -2.07. The van der Waals surface area contributed by atoms with Gasteiger partial charge >= 0.3 is 5.97 Å². The number of nitrogens with two attached hydrogens (primary N) is 1. The zero-order valence-corrected chi connectivity index (χ0v) is 12.3. The van der Waals surface area contributed by atoms with Gasteiger partial charge in [-0.3, -0.25) is 0 Å². The predicted octanol–water partition coefficient (Wildman–Crippen LogP) is 4.14. The molecular formula is C14H14ClNO2S. The van der Waals surface area contributed by atoms with Crippen LogP contribution in [0.15, 0.2) is 23.6 Å². The summed E-state index contributed by atoms with van der Waals surface area (Å²) in [6, 6.07) is 5.67. The Morgan fingerprint density at radius 1 is 1.47 bits per heavy atom. The van der Waals surface area contributed by atoms with Crippen LogP contribution in [0.2, 0.25) is 5.02 Å². The van der Waals surface area contributed by atoms with Gasteiger partial charge in [-0.2, -0.15) is 0 Å². The van der Waals surface area contributed by atoms with Crippen LogP contribution in [0.1, 0.15) is 22.8 Å². The van der Waals surface area contributed by atoms with Crippen molar-refractivity contribution in [3.8, 4) is 11.1 Å². The number of esters is 1. The molecule has 2 rings (SSSR count). The van der Waals surface area contributed by atoms with Gasteiger partial charge in [0.25, 0.3) is 0 Å². The van der Waals surface area contributed by atoms with E-state index >= 15 is 0 Å². The number of carbonyl (C=O) groups is 1. The molecule has 0 spiro atoms. The lowest BCUT2D eigenvalue weighted by molar-refractivity contribution is 0.0529. The first-order chi connectivity index (χ1) is 9.04. The maximum absolute atomic E-state index is 11.9. The van der Waals surface area contributed by atoms with Gasteiger partial charge in [0.2, 0.25) is 0 Å². The average Bonchev–Trinajstić information content (AvgIpc) is 2.75. The van der Waals surface area contributed by atoms with Crippen LogP contribution in [0.5, 0.6) is 0 Å². The van der Waals surface area contributed by atoms with Crippen molar-refractivity contribution in [1.82, 2.24) is 0 Å². The molecule has 2 aromatic rings. The molecule has 0 bridgehead atoms. The summed E-state index contributed by atoms with van der Waals surface area (Å²) in [7, 11) is 0. The molecule has 0 atom stereocenters. The second-order valence-corrected chi connectivity index (χ2v) is 5.39. The van der Waals surface area contributed by atoms with Crippen molar-refractivity contribution >= 4 is 33.9 Å². The molecule has 0 fully saturated rings. The molecule has 0 aliphatic carbocycles. The van der Waals surface area contributed by atoms with Crippen LogP contribution in [-0.4, -0.2) is 12.6 Å². The van der Waals surface area contributed by atoms with Crippen LogP contribution in [-0.2, 0) is 4.74 Å². The second-order valence-electron chi connectivity index (χ2n) is 4.07. The molecule has 1 heterocycles. The molecule has 100 valence electrons. The molecule has 5 heteroatoms. The molecule has 19 heavy (non-hydrogen) atoms. The van der Waals surface area contributed by atoms with Crippen molar-refractivity contribution in [3.63, 3.8) is 0 Å². The smallest absolute Gasteiger partial charge is 0.341 e. The topological polar surface area (TPSA) is 52.3 Å². The van der Waals surface area contributed by atoms with Crippen LogP contribution in [0.25, 0.3) is 11.1 Å². The fourth-order valence-electron chi connectivity index (χ4n) is 1.76. The van der Waals surface area contributed by atoms with Gasteiger partial charge in [-0.15, -0.1) is 11.3 Å². The number of nitrogen functional groups attached to an aromatic ring is 1. The van der Waals surface area contributed by atoms with Gasteiger partial charge in [-0.05, 0) is 31.0 Å². The number of thiophene rings is 1. The summed E-state index contributed by atoms with van der Waals surface area (Å²) >= 11 is 7.44. The second kappa shape index (κ2) is 5.63. The molecule has 0 aliphatic heterocycles. The van der Waals surface area contributed by atoms with E-state index in [1.165, 1.54) is 11.3 Å². The van der Waals surface area contributed by atoms with E-state index in [1.54, 1.807) is 6.92 Å². The molecule has 1 aromatic heterocycles. The summed E-state index contributed by atoms with van der Waals surface area (Å²) in [4.78, 5) is 11.9. The largest absolute Gasteiger partial charge is 0.462 e. The minimum Gasteiger partial charge on any atom is -0.462 e. The minimum atomic E-state index is -0.395. The van der Waals surface area contributed by atoms with Gasteiger partial charge in [-0.1, -0.05) is 23.7 Å². The molecule has 2 N–H and O–H groups in total. The Bertz CT molecular complexity index is 622. The van der Waals surface area contributed by atoms with Crippen LogP contribution in [0, 0.1) is 6.92 Å². The third-order valence-corrected chi connectivity index (χ3v) is 4.00. The van der Waals surface area contributed by atoms with Crippen LogP contribution in [0.4, 0.5) is 5.00 Å². The van der Waals surface area contributed by atoms with Gasteiger partial charge in [-0.25, -0.2) is 4.79 Å². The Hall–Kier alpha value is -1.52. The maximum atomic E-state index is 11.9. The van der Waals surface area contributed by atoms with Crippen molar-refractivity contribution in [3.05, 3.63) is 39.7 Å². The van der Waals surface area contributed by atoms with Crippen LogP contribution >= 0.6 is 22.9 Å². The highest BCUT2D eigenvalue weighted by molar-refractivity contribution is 7.14. The van der Waals surface area contributed by atoms with E-state index < -0.39 is 5.97 Å². The van der Waals surface area contributed by atoms with E-state index in [4.69, 9.17) is 22.1 Å². The summed E-state index contributed by atoms with van der Waals surface area (Å²) < 4.78 is 5.04. The van der Waals surface area contributed by atoms with Gasteiger partial charge in [0.1, 0.15) is 10.6 Å². The number of halogens is 1. The van der Waals surface area contributed by atoms with Crippen molar-refractivity contribution in [1.29, 1.82) is 0 Å². The minimum absolute atomic E-state index is 0.322. The van der Waals surface area contributed by atoms with E-state index in [2.05, 4.69) is 0 Å². The third kappa shape index (κ3) is 2.74. The summed E-state index contributed by atoms with van der Waals surface area (Å²) in [6.45, 7) is 4.02. The van der Waals surface area contributed by atoms with E-state index in [9.17, 15) is 4.79 Å². The first-order valence-electron chi connectivity index (χ1n) is 5.85. The van der Waals surface area contributed by atoms with Gasteiger partial charge in [0, 0.05) is 16.0 Å². The fourth-order valence-corrected chi connectivity index (χ4v) is 2.75. The lowest BCUT2D eigenvalue weighted by atomic mass is 10.0. The number of ether oxygens (including phenoxy) is 1. The Kier molecular flexibility index (Phi) is 4.12. The Labute approximate surface area is 121 Å². The van der Waals surface area contributed by atoms with Gasteiger partial charge < -0.3 is 10.5 Å². The van der Waals surface area contributed by atoms with Crippen LogP contribution < -0.4 is 5.73 Å². The number of anilines is 1. The number of benzene rings is 1. The highest BCUT2D eigenvalue weighted by Crippen LogP contribution is 2.35. The quantitative estimate of drug-likeness (QED) is 0.866. The number of hydrogen-bond donors (Lipinski definition) is 1. The number of carbonyl (C=O) groups excluding carboxylic acids is 1. The molecule has 1 aromatic carbocycles. The van der Waals surface area contributed by atoms with Crippen molar-refractivity contribution < 1.29 is 9.53 Å². The monoisotopic (exact) mass is 295 g/mol. The SMILES string of the molecule is CCOC(=O)c1c(-c2ccc(C)c(Cl)c2)csc1N. The van der Waals surface area contributed by atoms with Crippen LogP contribution in [0.3, 0.4) is 0 Å². The van der Waals surface area contributed by atoms with E-state index in [0.29, 0.717) is 22.2 Å². The maximum Gasteiger partial charge on any atom is 0.341 e. The third-order valence-electron chi connectivity index (χ3n) is 2.78. The normalized spacial score (nSPS) is 10.5. The van der Waals surface area contributed by atoms with Crippen molar-refractivity contribution in [2.24, 2.45) is 0 Å². The Morgan fingerprint density at radius 3 is 2.84 bits per heavy atom. The Balaban J connectivity index is 2.50. The average molecular weight is 296 g/mol. The fraction of sp³-hybridized carbons (Fsp3) is 0.214. The van der Waals surface area contributed by atoms with E-state index in [0.717, 1.165) is 16.7 Å². The van der Waals surface area contributed by atoms with Gasteiger partial charge in [0.15, 0.2) is 0 Å². The summed E-state index contributed by atoms with van der Waals surface area (Å²) in [6.07, 6.45) is 0. The van der Waals surface area contributed by atoms with E-state index in [1.807, 2.05) is 30.5 Å². The predicted molar refractivity (Wildman–Crippen MR) is 79.9 cm³/mol. The summed E-state index contributed by atoms with van der Waals surface area (Å²) in [5.41, 5.74) is 8.91. The number of rotatable bonds is 3. The standard InChI is InChI=1S/C14H14ClNO2S/c1-3-18-14(17)12-10(7-19-13(12)16)9-5-4-8(2)11(15)6-9/h4-7H,3,16H2,1-2H3. The van der Waals surface area contributed by atoms with Crippen molar-refractivity contribution in [2.45, 2.75) is 13.8 Å². The highest BCUT2D eigenvalue weighted by Gasteiger charge is 2.19. The highest BCUT2D eigenvalue weighted by atomic mass is 35.5. The molecule has 0 saturated heterocycles. The summed E-state index contributed by atoms with van der Waals surface area (Å²) in [5, 5.41) is 2.98. The zero-order chi connectivity index (χ0) is 14.0. The molecule has 3 nitrogen and oxygen atoms in total. The molecular weight excluding hydrogens is 282 g/mol. The van der Waals surface area contributed by atoms with E-state index in [-0.39, 0.29) is 0 Å². The molecule has 0 unspecified atom stereocenters. The first kappa shape index (κ1) is 13.9. The molecule has 0 aliphatic rings. The Morgan fingerprint density at radius 2 is 2.21 bits per heavy atom. The number of hydrogen-bond acceptors (Lipinski definition) is 4.